The molecule has 0 radical (unpaired) electrons. The summed E-state index contributed by atoms with van der Waals surface area (Å²) in [6.07, 6.45) is 0. The number of benzene rings is 3. The van der Waals surface area contributed by atoms with Gasteiger partial charge in [-0.15, -0.1) is 0 Å². The third kappa shape index (κ3) is 11.6. The van der Waals surface area contributed by atoms with Gasteiger partial charge in [0.1, 0.15) is 5.58 Å². The van der Waals surface area contributed by atoms with Crippen LogP contribution in [0.1, 0.15) is 56.5 Å². The molecule has 3 N–H and O–H groups in total. The minimum absolute atomic E-state index is 0.168. The van der Waals surface area contributed by atoms with Crippen LogP contribution in [-0.2, 0) is 9.47 Å². The smallest absolute Gasteiger partial charge is 0.251 e. The molecule has 2 fully saturated rings. The van der Waals surface area contributed by atoms with Crippen molar-refractivity contribution < 1.29 is 32.7 Å². The van der Waals surface area contributed by atoms with Gasteiger partial charge in [-0.1, -0.05) is 18.2 Å². The average molecular weight is 852 g/mol. The van der Waals surface area contributed by atoms with E-state index in [1.54, 1.807) is 6.07 Å². The largest absolute Gasteiger partial charge is 0.440 e. The maximum atomic E-state index is 13.2. The highest BCUT2D eigenvalue weighted by atomic mass is 16.5. The second kappa shape index (κ2) is 21.1. The molecule has 3 aromatic carbocycles. The molecule has 1 atom stereocenters. The summed E-state index contributed by atoms with van der Waals surface area (Å²) in [5, 5.41) is 9.82. The van der Waals surface area contributed by atoms with Crippen molar-refractivity contribution >= 4 is 57.0 Å². The van der Waals surface area contributed by atoms with Crippen LogP contribution in [-0.4, -0.2) is 134 Å². The summed E-state index contributed by atoms with van der Waals surface area (Å²) in [4.78, 5) is 71.4. The average Bonchev–Trinajstić information content (AvgIpc) is 3.26. The maximum absolute atomic E-state index is 13.2. The molecule has 2 aliphatic heterocycles. The number of carbonyl (C=O) groups is 3. The zero-order chi connectivity index (χ0) is 44.3. The van der Waals surface area contributed by atoms with Gasteiger partial charge >= 0.3 is 0 Å². The predicted octanol–water partition coefficient (Wildman–Crippen LogP) is 4.22. The minimum atomic E-state index is -0.331. The van der Waals surface area contributed by atoms with E-state index in [9.17, 15) is 24.0 Å². The van der Waals surface area contributed by atoms with E-state index in [0.29, 0.717) is 101 Å². The first kappa shape index (κ1) is 45.5. The topological polar surface area (TPSA) is 179 Å². The van der Waals surface area contributed by atoms with Crippen molar-refractivity contribution in [3.05, 3.63) is 109 Å². The first-order chi connectivity index (χ1) is 29.8. The van der Waals surface area contributed by atoms with Crippen LogP contribution in [0.4, 0.5) is 17.5 Å². The lowest BCUT2D eigenvalue weighted by Crippen LogP contribution is -2.36. The molecule has 16 nitrogen and oxygen atoms in total. The molecule has 0 aliphatic carbocycles. The maximum Gasteiger partial charge on any atom is 0.251 e. The van der Waals surface area contributed by atoms with E-state index in [-0.39, 0.29) is 56.6 Å². The van der Waals surface area contributed by atoms with Crippen LogP contribution in [0.3, 0.4) is 0 Å². The van der Waals surface area contributed by atoms with E-state index < -0.39 is 0 Å². The fourth-order valence-corrected chi connectivity index (χ4v) is 7.09. The molecule has 0 spiro atoms. The first-order valence-corrected chi connectivity index (χ1v) is 20.9. The zero-order valence-electron chi connectivity index (χ0n) is 36.4. The number of hydrogen-bond acceptors (Lipinski definition) is 14. The number of hydrogen-bond donors (Lipinski definition) is 3. The molecule has 4 heterocycles. The van der Waals surface area contributed by atoms with Gasteiger partial charge in [-0.25, -0.2) is 0 Å². The summed E-state index contributed by atoms with van der Waals surface area (Å²) in [7, 11) is 7.73. The molecule has 330 valence electrons. The van der Waals surface area contributed by atoms with E-state index in [2.05, 4.69) is 16.0 Å². The number of fused-ring (bicyclic) bond motifs is 2. The quantitative estimate of drug-likeness (QED) is 0.135. The number of rotatable bonds is 14. The standard InChI is InChI=1S/C26H32N4O4.C20H25N3O5/c1-18(28-20-7-5-4-6-8-20)21-15-19(26(32)27-9-10-29(2)3)16-22-23(31)17-24(34-25(21)22)30-11-13-33-14-12-30;1-13(24)15-10-14(20(26)21-4-5-22(2)3)11-16-17(25)12-18(28-19(15)16)23-6-8-27-9-7-23/h4-8,15-18,28H,9-14H2,1-3H3,(H,27,32);10-12H,4-9H2,1-3H3,(H,21,26). The van der Waals surface area contributed by atoms with Crippen molar-refractivity contribution in [1.82, 2.24) is 20.4 Å². The summed E-state index contributed by atoms with van der Waals surface area (Å²) in [6.45, 7) is 10.6. The molecule has 7 rings (SSSR count). The van der Waals surface area contributed by atoms with Gasteiger partial charge < -0.3 is 53.9 Å². The zero-order valence-corrected chi connectivity index (χ0v) is 36.4. The minimum Gasteiger partial charge on any atom is -0.440 e. The Bertz CT molecular complexity index is 2470. The van der Waals surface area contributed by atoms with E-state index in [0.717, 1.165) is 17.8 Å². The monoisotopic (exact) mass is 851 g/mol. The van der Waals surface area contributed by atoms with Crippen LogP contribution in [0.15, 0.2) is 85.2 Å². The van der Waals surface area contributed by atoms with Gasteiger partial charge in [0.25, 0.3) is 11.8 Å². The third-order valence-electron chi connectivity index (χ3n) is 10.5. The Kier molecular flexibility index (Phi) is 15.5. The highest BCUT2D eigenvalue weighted by Crippen LogP contribution is 2.31. The van der Waals surface area contributed by atoms with E-state index in [1.165, 1.54) is 31.2 Å². The van der Waals surface area contributed by atoms with Crippen molar-refractivity contribution in [3.63, 3.8) is 0 Å². The fourth-order valence-electron chi connectivity index (χ4n) is 7.09. The lowest BCUT2D eigenvalue weighted by Gasteiger charge is -2.27. The first-order valence-electron chi connectivity index (χ1n) is 20.9. The van der Waals surface area contributed by atoms with Gasteiger partial charge in [0.2, 0.25) is 0 Å². The SMILES string of the molecule is CC(=O)c1cc(C(=O)NCCN(C)C)cc2c(=O)cc(N3CCOCC3)oc12.CC(Nc1ccccc1)c1cc(C(=O)NCCN(C)C)cc2c(=O)cc(N3CCOCC3)oc12. The molecule has 16 heteroatoms. The number of anilines is 3. The number of likely N-dealkylation sites (N-methyl/N-ethyl adjacent to an activating group) is 2. The van der Waals surface area contributed by atoms with Crippen LogP contribution in [0, 0.1) is 0 Å². The van der Waals surface area contributed by atoms with Crippen molar-refractivity contribution in [1.29, 1.82) is 0 Å². The number of amides is 2. The number of nitrogens with one attached hydrogen (secondary N) is 3. The molecule has 0 bridgehead atoms. The highest BCUT2D eigenvalue weighted by molar-refractivity contribution is 6.09. The molecule has 5 aromatic rings. The van der Waals surface area contributed by atoms with E-state index >= 15 is 0 Å². The summed E-state index contributed by atoms with van der Waals surface area (Å²) in [6, 6.07) is 19.0. The lowest BCUT2D eigenvalue weighted by atomic mass is 10.00. The summed E-state index contributed by atoms with van der Waals surface area (Å²) >= 11 is 0. The fraction of sp³-hybridized carbons (Fsp3) is 0.413. The van der Waals surface area contributed by atoms with Crippen LogP contribution in [0.5, 0.6) is 0 Å². The Morgan fingerprint density at radius 3 is 1.61 bits per heavy atom. The van der Waals surface area contributed by atoms with E-state index in [4.69, 9.17) is 18.3 Å². The lowest BCUT2D eigenvalue weighted by molar-refractivity contribution is 0.0942. The summed E-state index contributed by atoms with van der Waals surface area (Å²) in [5.74, 6) is 0.121. The normalized spacial score (nSPS) is 14.7. The van der Waals surface area contributed by atoms with Crippen molar-refractivity contribution in [3.8, 4) is 0 Å². The Morgan fingerprint density at radius 2 is 1.13 bits per heavy atom. The molecule has 0 saturated carbocycles. The highest BCUT2D eigenvalue weighted by Gasteiger charge is 2.23. The van der Waals surface area contributed by atoms with Gasteiger partial charge in [-0.3, -0.25) is 24.0 Å². The second-order valence-corrected chi connectivity index (χ2v) is 15.8. The molecular weight excluding hydrogens is 795 g/mol. The van der Waals surface area contributed by atoms with Crippen LogP contribution in [0.2, 0.25) is 0 Å². The molecule has 2 amide bonds. The van der Waals surface area contributed by atoms with Crippen molar-refractivity contribution in [2.24, 2.45) is 0 Å². The Morgan fingerprint density at radius 1 is 0.661 bits per heavy atom. The Balaban J connectivity index is 0.000000211. The molecule has 1 unspecified atom stereocenters. The van der Waals surface area contributed by atoms with E-state index in [1.807, 2.05) is 91.1 Å². The number of ether oxygens (including phenoxy) is 2. The second-order valence-electron chi connectivity index (χ2n) is 15.8. The third-order valence-corrected chi connectivity index (χ3v) is 10.5. The number of para-hydroxylation sites is 1. The van der Waals surface area contributed by atoms with Crippen molar-refractivity contribution in [2.75, 3.05) is 122 Å². The summed E-state index contributed by atoms with van der Waals surface area (Å²) < 4.78 is 23.0. The molecule has 62 heavy (non-hydrogen) atoms. The number of nitrogens with zero attached hydrogens (tertiary/aromatic N) is 4. The Labute approximate surface area is 360 Å². The predicted molar refractivity (Wildman–Crippen MR) is 241 cm³/mol. The number of Topliss-reactive ketones (excluding diaryl/α,β-unsaturated/α-hetero) is 1. The van der Waals surface area contributed by atoms with Gasteiger partial charge in [-0.2, -0.15) is 0 Å². The number of morpholine rings is 2. The molecule has 2 aromatic heterocycles. The van der Waals surface area contributed by atoms with Crippen LogP contribution >= 0.6 is 0 Å². The van der Waals surface area contributed by atoms with Gasteiger partial charge in [0, 0.05) is 86.9 Å². The number of ketones is 1. The Hall–Kier alpha value is -6.07. The van der Waals surface area contributed by atoms with Crippen LogP contribution in [0.25, 0.3) is 21.9 Å². The molecule has 2 saturated heterocycles. The van der Waals surface area contributed by atoms with Gasteiger partial charge in [-0.05, 0) is 78.4 Å². The van der Waals surface area contributed by atoms with Crippen molar-refractivity contribution in [2.45, 2.75) is 19.9 Å². The van der Waals surface area contributed by atoms with Gasteiger partial charge in [0.15, 0.2) is 34.0 Å². The molecule has 2 aliphatic rings. The molecular formula is C46H57N7O9. The van der Waals surface area contributed by atoms with Crippen LogP contribution < -0.4 is 36.6 Å². The van der Waals surface area contributed by atoms with Gasteiger partial charge in [0.05, 0.1) is 48.8 Å². The number of carbonyl (C=O) groups excluding carboxylic acids is 3. The summed E-state index contributed by atoms with van der Waals surface area (Å²) in [5.41, 5.74) is 2.88.